The van der Waals surface area contributed by atoms with E-state index >= 15 is 0 Å². The fraction of sp³-hybridized carbons (Fsp3) is 0.875. The third-order valence-electron chi connectivity index (χ3n) is 2.14. The normalized spacial score (nSPS) is 32.3. The minimum Gasteiger partial charge on any atom is -0.310 e. The Bertz CT molecular complexity index is 136. The third kappa shape index (κ3) is 2.01. The maximum absolute atomic E-state index is 10.6. The first-order valence-electron chi connectivity index (χ1n) is 4.17. The van der Waals surface area contributed by atoms with E-state index in [4.69, 9.17) is 0 Å². The lowest BCUT2D eigenvalue weighted by atomic mass is 9.96. The molecule has 0 saturated carbocycles. The molecule has 0 aromatic heterocycles. The summed E-state index contributed by atoms with van der Waals surface area (Å²) in [5.74, 6) is 0.512. The Labute approximate surface area is 67.5 Å². The first kappa shape index (κ1) is 8.68. The number of piperazine rings is 1. The number of aldehydes is 1. The van der Waals surface area contributed by atoms with Crippen LogP contribution >= 0.6 is 0 Å². The van der Waals surface area contributed by atoms with Gasteiger partial charge >= 0.3 is 0 Å². The van der Waals surface area contributed by atoms with Crippen molar-refractivity contribution in [2.24, 2.45) is 5.92 Å². The van der Waals surface area contributed by atoms with E-state index in [0.29, 0.717) is 12.0 Å². The predicted octanol–water partition coefficient (Wildman–Crippen LogP) is -0.229. The highest BCUT2D eigenvalue weighted by atomic mass is 16.1. The second kappa shape index (κ2) is 3.83. The average molecular weight is 156 g/mol. The van der Waals surface area contributed by atoms with Gasteiger partial charge in [-0.3, -0.25) is 0 Å². The molecule has 1 rings (SSSR count). The maximum atomic E-state index is 10.6. The van der Waals surface area contributed by atoms with Crippen molar-refractivity contribution >= 4 is 6.29 Å². The van der Waals surface area contributed by atoms with Crippen LogP contribution in [0.3, 0.4) is 0 Å². The highest BCUT2D eigenvalue weighted by Gasteiger charge is 2.25. The van der Waals surface area contributed by atoms with E-state index in [0.717, 1.165) is 19.4 Å². The summed E-state index contributed by atoms with van der Waals surface area (Å²) in [5, 5.41) is 6.50. The van der Waals surface area contributed by atoms with Gasteiger partial charge in [-0.2, -0.15) is 0 Å². The van der Waals surface area contributed by atoms with E-state index < -0.39 is 0 Å². The lowest BCUT2D eigenvalue weighted by Crippen LogP contribution is -2.58. The quantitative estimate of drug-likeness (QED) is 0.543. The fourth-order valence-electron chi connectivity index (χ4n) is 1.51. The summed E-state index contributed by atoms with van der Waals surface area (Å²) in [6, 6.07) is 0.310. The zero-order valence-corrected chi connectivity index (χ0v) is 7.13. The van der Waals surface area contributed by atoms with Crippen LogP contribution in [0.5, 0.6) is 0 Å². The zero-order valence-electron chi connectivity index (χ0n) is 7.13. The van der Waals surface area contributed by atoms with Crippen LogP contribution in [-0.4, -0.2) is 31.5 Å². The maximum Gasteiger partial charge on any atom is 0.138 e. The number of hydrogen-bond acceptors (Lipinski definition) is 3. The van der Waals surface area contributed by atoms with Crippen molar-refractivity contribution in [3.63, 3.8) is 0 Å². The number of carbonyl (C=O) groups excluding carboxylic acids is 1. The zero-order chi connectivity index (χ0) is 8.27. The molecular formula is C8H16N2O. The van der Waals surface area contributed by atoms with Crippen LogP contribution < -0.4 is 10.6 Å². The monoisotopic (exact) mass is 156 g/mol. The predicted molar refractivity (Wildman–Crippen MR) is 44.5 cm³/mol. The van der Waals surface area contributed by atoms with Gasteiger partial charge in [-0.15, -0.1) is 0 Å². The van der Waals surface area contributed by atoms with Crippen LogP contribution in [0, 0.1) is 5.92 Å². The molecule has 3 nitrogen and oxygen atoms in total. The van der Waals surface area contributed by atoms with Crippen LogP contribution in [0.15, 0.2) is 0 Å². The molecule has 0 aromatic rings. The van der Waals surface area contributed by atoms with Crippen LogP contribution in [0.25, 0.3) is 0 Å². The first-order chi connectivity index (χ1) is 5.25. The summed E-state index contributed by atoms with van der Waals surface area (Å²) < 4.78 is 0. The van der Waals surface area contributed by atoms with E-state index in [1.807, 2.05) is 0 Å². The fourth-order valence-corrected chi connectivity index (χ4v) is 1.51. The van der Waals surface area contributed by atoms with Crippen molar-refractivity contribution in [2.75, 3.05) is 13.1 Å². The van der Waals surface area contributed by atoms with Crippen molar-refractivity contribution in [3.8, 4) is 0 Å². The summed E-state index contributed by atoms with van der Waals surface area (Å²) in [6.07, 6.45) is 0.997. The van der Waals surface area contributed by atoms with Crippen molar-refractivity contribution < 1.29 is 4.79 Å². The molecule has 0 aliphatic carbocycles. The molecule has 0 spiro atoms. The van der Waals surface area contributed by atoms with E-state index in [1.54, 1.807) is 0 Å². The highest BCUT2D eigenvalue weighted by molar-refractivity contribution is 5.59. The van der Waals surface area contributed by atoms with Gasteiger partial charge in [0.1, 0.15) is 6.29 Å². The smallest absolute Gasteiger partial charge is 0.138 e. The van der Waals surface area contributed by atoms with Crippen molar-refractivity contribution in [1.29, 1.82) is 0 Å². The Morgan fingerprint density at radius 2 is 2.00 bits per heavy atom. The SMILES string of the molecule is CC(C)[C@@H]1NCCNC1C=O. The molecule has 64 valence electrons. The van der Waals surface area contributed by atoms with Gasteiger partial charge in [0.25, 0.3) is 0 Å². The molecule has 11 heavy (non-hydrogen) atoms. The second-order valence-corrected chi connectivity index (χ2v) is 3.34. The summed E-state index contributed by atoms with van der Waals surface area (Å²) in [6.45, 7) is 6.11. The van der Waals surface area contributed by atoms with Gasteiger partial charge < -0.3 is 15.4 Å². The molecule has 1 heterocycles. The molecule has 1 unspecified atom stereocenters. The highest BCUT2D eigenvalue weighted by Crippen LogP contribution is 2.07. The molecule has 0 amide bonds. The van der Waals surface area contributed by atoms with Crippen LogP contribution in [0.1, 0.15) is 13.8 Å². The van der Waals surface area contributed by atoms with E-state index in [9.17, 15) is 4.79 Å². The van der Waals surface area contributed by atoms with Crippen molar-refractivity contribution in [3.05, 3.63) is 0 Å². The number of nitrogens with one attached hydrogen (secondary N) is 2. The van der Waals surface area contributed by atoms with Gasteiger partial charge in [-0.1, -0.05) is 13.8 Å². The standard InChI is InChI=1S/C8H16N2O/c1-6(2)8-7(5-11)9-3-4-10-8/h5-10H,3-4H2,1-2H3/t7?,8-/m0/s1. The number of hydrogen-bond donors (Lipinski definition) is 2. The van der Waals surface area contributed by atoms with Gasteiger partial charge in [-0.25, -0.2) is 0 Å². The summed E-state index contributed by atoms with van der Waals surface area (Å²) >= 11 is 0. The average Bonchev–Trinajstić information content (AvgIpc) is 2.04. The summed E-state index contributed by atoms with van der Waals surface area (Å²) in [7, 11) is 0. The Morgan fingerprint density at radius 1 is 1.36 bits per heavy atom. The Hall–Kier alpha value is -0.410. The van der Waals surface area contributed by atoms with Gasteiger partial charge in [0, 0.05) is 19.1 Å². The van der Waals surface area contributed by atoms with Gasteiger partial charge in [-0.05, 0) is 5.92 Å². The molecule has 0 radical (unpaired) electrons. The van der Waals surface area contributed by atoms with E-state index in [1.165, 1.54) is 0 Å². The Balaban J connectivity index is 2.51. The van der Waals surface area contributed by atoms with E-state index in [2.05, 4.69) is 24.5 Å². The molecule has 1 aliphatic heterocycles. The largest absolute Gasteiger partial charge is 0.310 e. The van der Waals surface area contributed by atoms with Gasteiger partial charge in [0.05, 0.1) is 6.04 Å². The number of carbonyl (C=O) groups is 1. The molecule has 1 aliphatic rings. The van der Waals surface area contributed by atoms with Crippen LogP contribution in [0.2, 0.25) is 0 Å². The topological polar surface area (TPSA) is 41.1 Å². The molecule has 0 aromatic carbocycles. The van der Waals surface area contributed by atoms with Crippen LogP contribution in [-0.2, 0) is 4.79 Å². The summed E-state index contributed by atoms with van der Waals surface area (Å²) in [4.78, 5) is 10.6. The lowest BCUT2D eigenvalue weighted by molar-refractivity contribution is -0.110. The lowest BCUT2D eigenvalue weighted by Gasteiger charge is -2.32. The molecule has 0 bridgehead atoms. The summed E-state index contributed by atoms with van der Waals surface area (Å²) in [5.41, 5.74) is 0. The number of rotatable bonds is 2. The minimum atomic E-state index is 0.00347. The molecule has 1 saturated heterocycles. The third-order valence-corrected chi connectivity index (χ3v) is 2.14. The molecule has 2 N–H and O–H groups in total. The van der Waals surface area contributed by atoms with E-state index in [-0.39, 0.29) is 6.04 Å². The molecule has 2 atom stereocenters. The molecule has 1 fully saturated rings. The Kier molecular flexibility index (Phi) is 3.02. The van der Waals surface area contributed by atoms with Crippen molar-refractivity contribution in [1.82, 2.24) is 10.6 Å². The Morgan fingerprint density at radius 3 is 2.45 bits per heavy atom. The van der Waals surface area contributed by atoms with Crippen LogP contribution in [0.4, 0.5) is 0 Å². The van der Waals surface area contributed by atoms with Gasteiger partial charge in [0.15, 0.2) is 0 Å². The second-order valence-electron chi connectivity index (χ2n) is 3.34. The van der Waals surface area contributed by atoms with Gasteiger partial charge in [0.2, 0.25) is 0 Å². The first-order valence-corrected chi connectivity index (χ1v) is 4.17. The minimum absolute atomic E-state index is 0.00347. The molecular weight excluding hydrogens is 140 g/mol. The van der Waals surface area contributed by atoms with Crippen molar-refractivity contribution in [2.45, 2.75) is 25.9 Å². The molecule has 3 heteroatoms.